The third kappa shape index (κ3) is 3.99. The summed E-state index contributed by atoms with van der Waals surface area (Å²) in [5.74, 6) is 1.86. The summed E-state index contributed by atoms with van der Waals surface area (Å²) in [6.45, 7) is 6.16. The molecule has 0 bridgehead atoms. The number of rotatable bonds is 5. The van der Waals surface area contributed by atoms with Crippen molar-refractivity contribution in [2.24, 2.45) is 0 Å². The second kappa shape index (κ2) is 7.23. The van der Waals surface area contributed by atoms with Crippen LogP contribution in [-0.2, 0) is 11.3 Å². The van der Waals surface area contributed by atoms with E-state index in [4.69, 9.17) is 25.8 Å². The lowest BCUT2D eigenvalue weighted by atomic mass is 10.1. The molecule has 0 fully saturated rings. The molecule has 3 rings (SSSR count). The molecule has 1 atom stereocenters. The van der Waals surface area contributed by atoms with Gasteiger partial charge in [0.15, 0.2) is 17.6 Å². The van der Waals surface area contributed by atoms with Crippen molar-refractivity contribution < 1.29 is 19.0 Å². The van der Waals surface area contributed by atoms with Crippen LogP contribution in [0.2, 0.25) is 5.02 Å². The van der Waals surface area contributed by atoms with E-state index in [9.17, 15) is 4.79 Å². The molecule has 0 saturated heterocycles. The maximum atomic E-state index is 12.3. The Morgan fingerprint density at radius 2 is 1.88 bits per heavy atom. The van der Waals surface area contributed by atoms with E-state index >= 15 is 0 Å². The van der Waals surface area contributed by atoms with E-state index in [0.29, 0.717) is 23.1 Å². The highest BCUT2D eigenvalue weighted by Gasteiger charge is 2.17. The van der Waals surface area contributed by atoms with Crippen molar-refractivity contribution >= 4 is 17.5 Å². The Bertz CT molecular complexity index is 783. The number of amides is 1. The lowest BCUT2D eigenvalue weighted by Crippen LogP contribution is -2.35. The number of nitrogens with one attached hydrogen (secondary N) is 1. The monoisotopic (exact) mass is 361 g/mol. The zero-order valence-corrected chi connectivity index (χ0v) is 15.1. The van der Waals surface area contributed by atoms with Crippen LogP contribution in [0.25, 0.3) is 0 Å². The van der Waals surface area contributed by atoms with Gasteiger partial charge in [-0.15, -0.1) is 0 Å². The minimum absolute atomic E-state index is 0.192. The maximum Gasteiger partial charge on any atom is 0.261 e. The number of carbonyl (C=O) groups excluding carboxylic acids is 1. The third-order valence-electron chi connectivity index (χ3n) is 4.00. The number of benzene rings is 2. The van der Waals surface area contributed by atoms with Crippen molar-refractivity contribution in [1.82, 2.24) is 5.32 Å². The zero-order chi connectivity index (χ0) is 18.0. The van der Waals surface area contributed by atoms with E-state index in [2.05, 4.69) is 5.32 Å². The van der Waals surface area contributed by atoms with Gasteiger partial charge in [-0.2, -0.15) is 0 Å². The summed E-state index contributed by atoms with van der Waals surface area (Å²) in [6, 6.07) is 9.25. The summed E-state index contributed by atoms with van der Waals surface area (Å²) in [4.78, 5) is 12.3. The molecule has 0 aromatic heterocycles. The zero-order valence-electron chi connectivity index (χ0n) is 14.4. The van der Waals surface area contributed by atoms with E-state index in [0.717, 1.165) is 22.4 Å². The normalized spacial score (nSPS) is 13.4. The molecule has 5 nitrogen and oxygen atoms in total. The van der Waals surface area contributed by atoms with Crippen molar-refractivity contribution in [3.05, 3.63) is 52.0 Å². The first-order chi connectivity index (χ1) is 11.9. The first kappa shape index (κ1) is 17.4. The molecule has 1 amide bonds. The van der Waals surface area contributed by atoms with Crippen molar-refractivity contribution in [3.63, 3.8) is 0 Å². The summed E-state index contributed by atoms with van der Waals surface area (Å²) < 4.78 is 16.3. The molecule has 6 heteroatoms. The second-order valence-electron chi connectivity index (χ2n) is 6.04. The van der Waals surface area contributed by atoms with Crippen LogP contribution in [0, 0.1) is 13.8 Å². The van der Waals surface area contributed by atoms with Crippen molar-refractivity contribution in [2.75, 3.05) is 6.79 Å². The molecule has 2 aromatic carbocycles. The summed E-state index contributed by atoms with van der Waals surface area (Å²) in [5.41, 5.74) is 2.78. The van der Waals surface area contributed by atoms with Crippen LogP contribution in [0.4, 0.5) is 0 Å². The molecule has 25 heavy (non-hydrogen) atoms. The van der Waals surface area contributed by atoms with E-state index in [-0.39, 0.29) is 12.7 Å². The summed E-state index contributed by atoms with van der Waals surface area (Å²) in [5, 5.41) is 3.58. The van der Waals surface area contributed by atoms with Gasteiger partial charge in [0.25, 0.3) is 5.91 Å². The van der Waals surface area contributed by atoms with Gasteiger partial charge >= 0.3 is 0 Å². The van der Waals surface area contributed by atoms with Crippen molar-refractivity contribution in [3.8, 4) is 17.2 Å². The molecule has 0 spiro atoms. The minimum atomic E-state index is -0.617. The number of hydrogen-bond acceptors (Lipinski definition) is 4. The Hall–Kier alpha value is -2.40. The predicted octanol–water partition coefficient (Wildman–Crippen LogP) is 3.77. The van der Waals surface area contributed by atoms with Crippen LogP contribution in [0.5, 0.6) is 17.2 Å². The van der Waals surface area contributed by atoms with Crippen LogP contribution < -0.4 is 19.5 Å². The van der Waals surface area contributed by atoms with Crippen molar-refractivity contribution in [2.45, 2.75) is 33.4 Å². The van der Waals surface area contributed by atoms with Crippen molar-refractivity contribution in [1.29, 1.82) is 0 Å². The van der Waals surface area contributed by atoms with E-state index < -0.39 is 6.10 Å². The Labute approximate surface area is 151 Å². The highest BCUT2D eigenvalue weighted by molar-refractivity contribution is 6.32. The molecule has 1 heterocycles. The molecule has 132 valence electrons. The molecule has 1 unspecified atom stereocenters. The number of halogens is 1. The molecular formula is C19H20ClNO4. The van der Waals surface area contributed by atoms with Gasteiger partial charge in [0, 0.05) is 11.6 Å². The lowest BCUT2D eigenvalue weighted by molar-refractivity contribution is -0.127. The number of carbonyl (C=O) groups is 1. The fraction of sp³-hybridized carbons (Fsp3) is 0.316. The van der Waals surface area contributed by atoms with Crippen LogP contribution in [0.3, 0.4) is 0 Å². The topological polar surface area (TPSA) is 56.8 Å². The van der Waals surface area contributed by atoms with Gasteiger partial charge in [-0.3, -0.25) is 4.79 Å². The van der Waals surface area contributed by atoms with Gasteiger partial charge in [-0.05, 0) is 61.7 Å². The highest BCUT2D eigenvalue weighted by Crippen LogP contribution is 2.32. The molecule has 1 aliphatic rings. The molecule has 0 saturated carbocycles. The van der Waals surface area contributed by atoms with Gasteiger partial charge in [-0.25, -0.2) is 0 Å². The van der Waals surface area contributed by atoms with Gasteiger partial charge < -0.3 is 19.5 Å². The standard InChI is InChI=1S/C19H20ClNO4/c1-11-6-15(7-12(2)18(11)20)25-13(3)19(22)21-9-14-4-5-16-17(8-14)24-10-23-16/h4-8,13H,9-10H2,1-3H3,(H,21,22). The number of ether oxygens (including phenoxy) is 3. The second-order valence-corrected chi connectivity index (χ2v) is 6.41. The average Bonchev–Trinajstić information content (AvgIpc) is 3.05. The highest BCUT2D eigenvalue weighted by atomic mass is 35.5. The van der Waals surface area contributed by atoms with Gasteiger partial charge in [0.1, 0.15) is 5.75 Å². The summed E-state index contributed by atoms with van der Waals surface area (Å²) in [6.07, 6.45) is -0.617. The predicted molar refractivity (Wildman–Crippen MR) is 95.4 cm³/mol. The summed E-state index contributed by atoms with van der Waals surface area (Å²) >= 11 is 6.15. The smallest absolute Gasteiger partial charge is 0.261 e. The molecule has 1 N–H and O–H groups in total. The third-order valence-corrected chi connectivity index (χ3v) is 4.59. The van der Waals surface area contributed by atoms with E-state index in [1.54, 1.807) is 6.92 Å². The van der Waals surface area contributed by atoms with Crippen LogP contribution in [0.15, 0.2) is 30.3 Å². The number of aryl methyl sites for hydroxylation is 2. The van der Waals surface area contributed by atoms with Crippen LogP contribution in [-0.4, -0.2) is 18.8 Å². The maximum absolute atomic E-state index is 12.3. The summed E-state index contributed by atoms with van der Waals surface area (Å²) in [7, 11) is 0. The molecule has 2 aromatic rings. The Morgan fingerprint density at radius 3 is 2.60 bits per heavy atom. The average molecular weight is 362 g/mol. The molecule has 0 aliphatic carbocycles. The quantitative estimate of drug-likeness (QED) is 0.880. The lowest BCUT2D eigenvalue weighted by Gasteiger charge is -2.16. The van der Waals surface area contributed by atoms with Gasteiger partial charge in [0.05, 0.1) is 0 Å². The number of fused-ring (bicyclic) bond motifs is 1. The Morgan fingerprint density at radius 1 is 1.20 bits per heavy atom. The fourth-order valence-electron chi connectivity index (χ4n) is 2.62. The Kier molecular flexibility index (Phi) is 5.04. The van der Waals surface area contributed by atoms with E-state index in [1.807, 2.05) is 44.2 Å². The van der Waals surface area contributed by atoms with E-state index in [1.165, 1.54) is 0 Å². The molecular weight excluding hydrogens is 342 g/mol. The van der Waals surface area contributed by atoms with Crippen LogP contribution >= 0.6 is 11.6 Å². The SMILES string of the molecule is Cc1cc(OC(C)C(=O)NCc2ccc3c(c2)OCO3)cc(C)c1Cl. The van der Waals surface area contributed by atoms with Crippen LogP contribution in [0.1, 0.15) is 23.6 Å². The largest absolute Gasteiger partial charge is 0.481 e. The Balaban J connectivity index is 1.57. The van der Waals surface area contributed by atoms with Gasteiger partial charge in [-0.1, -0.05) is 17.7 Å². The molecule has 0 radical (unpaired) electrons. The first-order valence-electron chi connectivity index (χ1n) is 8.03. The fourth-order valence-corrected chi connectivity index (χ4v) is 2.72. The number of hydrogen-bond donors (Lipinski definition) is 1. The minimum Gasteiger partial charge on any atom is -0.481 e. The van der Waals surface area contributed by atoms with Gasteiger partial charge in [0.2, 0.25) is 6.79 Å². The molecule has 1 aliphatic heterocycles. The first-order valence-corrected chi connectivity index (χ1v) is 8.41.